The molecule has 0 heterocycles. The van der Waals surface area contributed by atoms with Gasteiger partial charge in [-0.3, -0.25) is 4.79 Å². The minimum atomic E-state index is -1.46. The third-order valence-electron chi connectivity index (χ3n) is 3.04. The number of hydrogen-bond acceptors (Lipinski definition) is 3. The molecular weight excluding hydrogens is 302 g/mol. The number of nitrogens with one attached hydrogen (secondary N) is 1. The monoisotopic (exact) mass is 314 g/mol. The second-order valence-corrected chi connectivity index (χ2v) is 5.10. The first-order chi connectivity index (χ1) is 10.5. The van der Waals surface area contributed by atoms with Crippen LogP contribution < -0.4 is 10.4 Å². The highest BCUT2D eigenvalue weighted by molar-refractivity contribution is 6.30. The molecule has 0 aromatic heterocycles. The fourth-order valence-electron chi connectivity index (χ4n) is 1.89. The van der Waals surface area contributed by atoms with Crippen LogP contribution in [0.2, 0.25) is 5.02 Å². The topological polar surface area (TPSA) is 69.2 Å². The van der Waals surface area contributed by atoms with Crippen LogP contribution in [-0.2, 0) is 4.79 Å². The maximum Gasteiger partial charge on any atom is 0.255 e. The van der Waals surface area contributed by atoms with Crippen molar-refractivity contribution in [2.45, 2.75) is 6.92 Å². The number of carbonyl (C=O) groups excluding carboxylic acids is 2. The molecule has 0 bridgehead atoms. The Morgan fingerprint density at radius 3 is 2.32 bits per heavy atom. The Hall–Kier alpha value is -2.59. The second kappa shape index (κ2) is 6.91. The van der Waals surface area contributed by atoms with Gasteiger partial charge in [0.2, 0.25) is 0 Å². The van der Waals surface area contributed by atoms with Crippen molar-refractivity contribution in [2.24, 2.45) is 0 Å². The predicted molar refractivity (Wildman–Crippen MR) is 83.1 cm³/mol. The number of aliphatic carboxylic acids is 1. The van der Waals surface area contributed by atoms with Crippen molar-refractivity contribution in [2.75, 3.05) is 0 Å². The van der Waals surface area contributed by atoms with Crippen molar-refractivity contribution in [1.82, 2.24) is 5.32 Å². The Balaban J connectivity index is 2.26. The van der Waals surface area contributed by atoms with Gasteiger partial charge in [0.05, 0.1) is 11.7 Å². The van der Waals surface area contributed by atoms with Gasteiger partial charge in [-0.2, -0.15) is 0 Å². The molecule has 0 spiro atoms. The molecule has 5 heteroatoms. The maximum atomic E-state index is 12.2. The summed E-state index contributed by atoms with van der Waals surface area (Å²) in [5.74, 6) is -1.96. The highest BCUT2D eigenvalue weighted by Gasteiger charge is 2.10. The molecular formula is C17H13ClNO3-. The van der Waals surface area contributed by atoms with E-state index in [1.165, 1.54) is 6.08 Å². The Bertz CT molecular complexity index is 736. The van der Waals surface area contributed by atoms with E-state index in [4.69, 9.17) is 11.6 Å². The van der Waals surface area contributed by atoms with Crippen molar-refractivity contribution in [1.29, 1.82) is 0 Å². The molecule has 0 aliphatic rings. The normalized spacial score (nSPS) is 11.1. The number of benzene rings is 2. The van der Waals surface area contributed by atoms with Gasteiger partial charge in [-0.1, -0.05) is 41.9 Å². The number of hydrogen-bond donors (Lipinski definition) is 1. The number of carboxylic acid groups (broad SMARTS) is 1. The smallest absolute Gasteiger partial charge is 0.255 e. The molecule has 0 radical (unpaired) electrons. The van der Waals surface area contributed by atoms with Gasteiger partial charge < -0.3 is 15.2 Å². The minimum Gasteiger partial charge on any atom is -0.543 e. The van der Waals surface area contributed by atoms with Gasteiger partial charge in [0.1, 0.15) is 0 Å². The van der Waals surface area contributed by atoms with E-state index in [-0.39, 0.29) is 5.70 Å². The Kier molecular flexibility index (Phi) is 4.96. The average molecular weight is 315 g/mol. The summed E-state index contributed by atoms with van der Waals surface area (Å²) < 4.78 is 0. The lowest BCUT2D eigenvalue weighted by atomic mass is 10.1. The number of halogens is 1. The Morgan fingerprint density at radius 2 is 1.73 bits per heavy atom. The van der Waals surface area contributed by atoms with E-state index in [1.807, 2.05) is 0 Å². The molecule has 0 aliphatic carbocycles. The van der Waals surface area contributed by atoms with Gasteiger partial charge in [0.25, 0.3) is 5.91 Å². The molecule has 1 N–H and O–H groups in total. The lowest BCUT2D eigenvalue weighted by Crippen LogP contribution is -2.35. The molecule has 2 aromatic carbocycles. The lowest BCUT2D eigenvalue weighted by molar-refractivity contribution is -0.299. The SMILES string of the molecule is Cc1ccccc1C(=O)N/C(=C/c1ccc(Cl)cc1)C(=O)[O-]. The van der Waals surface area contributed by atoms with Gasteiger partial charge in [0, 0.05) is 10.6 Å². The summed E-state index contributed by atoms with van der Waals surface area (Å²) in [5, 5.41) is 14.1. The molecule has 0 atom stereocenters. The fraction of sp³-hybridized carbons (Fsp3) is 0.0588. The molecule has 4 nitrogen and oxygen atoms in total. The van der Waals surface area contributed by atoms with Gasteiger partial charge in [0.15, 0.2) is 0 Å². The van der Waals surface area contributed by atoms with Crippen LogP contribution in [0.4, 0.5) is 0 Å². The van der Waals surface area contributed by atoms with E-state index < -0.39 is 11.9 Å². The van der Waals surface area contributed by atoms with E-state index in [9.17, 15) is 14.7 Å². The largest absolute Gasteiger partial charge is 0.543 e. The first-order valence-corrected chi connectivity index (χ1v) is 6.91. The highest BCUT2D eigenvalue weighted by Crippen LogP contribution is 2.13. The minimum absolute atomic E-state index is 0.310. The van der Waals surface area contributed by atoms with Crippen LogP contribution in [0.1, 0.15) is 21.5 Å². The molecule has 2 aromatic rings. The molecule has 0 saturated heterocycles. The van der Waals surface area contributed by atoms with Gasteiger partial charge >= 0.3 is 0 Å². The van der Waals surface area contributed by atoms with E-state index in [0.717, 1.165) is 5.56 Å². The van der Waals surface area contributed by atoms with Crippen LogP contribution in [-0.4, -0.2) is 11.9 Å². The predicted octanol–water partition coefficient (Wildman–Crippen LogP) is 2.17. The van der Waals surface area contributed by atoms with Crippen LogP contribution in [0, 0.1) is 6.92 Å². The van der Waals surface area contributed by atoms with Crippen molar-refractivity contribution >= 4 is 29.6 Å². The third-order valence-corrected chi connectivity index (χ3v) is 3.29. The highest BCUT2D eigenvalue weighted by atomic mass is 35.5. The van der Waals surface area contributed by atoms with Crippen molar-refractivity contribution in [3.63, 3.8) is 0 Å². The average Bonchev–Trinajstić information content (AvgIpc) is 2.49. The summed E-state index contributed by atoms with van der Waals surface area (Å²) in [6.45, 7) is 1.77. The number of carboxylic acids is 1. The molecule has 0 fully saturated rings. The van der Waals surface area contributed by atoms with Gasteiger partial charge in [-0.15, -0.1) is 0 Å². The van der Waals surface area contributed by atoms with E-state index in [0.29, 0.717) is 16.1 Å². The molecule has 2 rings (SSSR count). The van der Waals surface area contributed by atoms with Crippen LogP contribution in [0.25, 0.3) is 6.08 Å². The van der Waals surface area contributed by atoms with Gasteiger partial charge in [-0.05, 0) is 42.3 Å². The summed E-state index contributed by atoms with van der Waals surface area (Å²) in [5.41, 5.74) is 1.44. The summed E-state index contributed by atoms with van der Waals surface area (Å²) >= 11 is 5.77. The summed E-state index contributed by atoms with van der Waals surface area (Å²) in [6, 6.07) is 13.5. The number of carbonyl (C=O) groups is 2. The molecule has 112 valence electrons. The third kappa shape index (κ3) is 3.96. The Labute approximate surface area is 133 Å². The van der Waals surface area contributed by atoms with E-state index >= 15 is 0 Å². The van der Waals surface area contributed by atoms with Gasteiger partial charge in [-0.25, -0.2) is 0 Å². The molecule has 1 amide bonds. The lowest BCUT2D eigenvalue weighted by Gasteiger charge is -2.12. The zero-order valence-electron chi connectivity index (χ0n) is 11.8. The molecule has 22 heavy (non-hydrogen) atoms. The maximum absolute atomic E-state index is 12.2. The Morgan fingerprint density at radius 1 is 1.09 bits per heavy atom. The van der Waals surface area contributed by atoms with Crippen LogP contribution in [0.15, 0.2) is 54.2 Å². The molecule has 0 saturated carbocycles. The van der Waals surface area contributed by atoms with E-state index in [1.54, 1.807) is 55.5 Å². The number of amides is 1. The van der Waals surface area contributed by atoms with Crippen molar-refractivity contribution in [3.8, 4) is 0 Å². The summed E-state index contributed by atoms with van der Waals surface area (Å²) in [7, 11) is 0. The first-order valence-electron chi connectivity index (χ1n) is 6.53. The van der Waals surface area contributed by atoms with E-state index in [2.05, 4.69) is 5.32 Å². The molecule has 0 aliphatic heterocycles. The van der Waals surface area contributed by atoms with Crippen LogP contribution in [0.3, 0.4) is 0 Å². The molecule has 0 unspecified atom stereocenters. The van der Waals surface area contributed by atoms with Crippen LogP contribution in [0.5, 0.6) is 0 Å². The quantitative estimate of drug-likeness (QED) is 0.879. The first kappa shape index (κ1) is 15.8. The fourth-order valence-corrected chi connectivity index (χ4v) is 2.02. The zero-order valence-corrected chi connectivity index (χ0v) is 12.6. The van der Waals surface area contributed by atoms with Crippen molar-refractivity contribution < 1.29 is 14.7 Å². The van der Waals surface area contributed by atoms with Crippen LogP contribution >= 0.6 is 11.6 Å². The zero-order chi connectivity index (χ0) is 16.1. The number of rotatable bonds is 4. The van der Waals surface area contributed by atoms with Crippen molar-refractivity contribution in [3.05, 3.63) is 75.9 Å². The standard InChI is InChI=1S/C17H14ClNO3/c1-11-4-2-3-5-14(11)16(20)19-15(17(21)22)10-12-6-8-13(18)9-7-12/h2-10H,1H3,(H,19,20)(H,21,22)/p-1/b15-10+. The summed E-state index contributed by atoms with van der Waals surface area (Å²) in [4.78, 5) is 23.4. The second-order valence-electron chi connectivity index (χ2n) is 4.67. The number of aryl methyl sites for hydroxylation is 1. The summed E-state index contributed by atoms with van der Waals surface area (Å²) in [6.07, 6.45) is 1.32.